The van der Waals surface area contributed by atoms with Crippen molar-refractivity contribution in [3.8, 4) is 0 Å². The fourth-order valence-corrected chi connectivity index (χ4v) is 3.55. The van der Waals surface area contributed by atoms with E-state index in [4.69, 9.17) is 9.94 Å². The number of hydrogen-bond acceptors (Lipinski definition) is 4. The lowest BCUT2D eigenvalue weighted by atomic mass is 10.1. The molecule has 1 saturated heterocycles. The molecule has 19 heavy (non-hydrogen) atoms. The minimum atomic E-state index is -3.80. The molecule has 1 aromatic rings. The fraction of sp³-hybridized carbons (Fsp3) is 0.417. The van der Waals surface area contributed by atoms with Crippen LogP contribution in [0.4, 0.5) is 0 Å². The van der Waals surface area contributed by atoms with Gasteiger partial charge in [0, 0.05) is 6.54 Å². The molecular formula is C12H15NO5S. The summed E-state index contributed by atoms with van der Waals surface area (Å²) in [6, 6.07) is 4.20. The molecule has 1 aromatic carbocycles. The minimum Gasteiger partial charge on any atom is -0.478 e. The second kappa shape index (κ2) is 5.28. The molecule has 0 aliphatic carbocycles. The quantitative estimate of drug-likeness (QED) is 0.907. The highest BCUT2D eigenvalue weighted by molar-refractivity contribution is 7.89. The SMILES string of the molecule is Cc1c(C(=O)O)cccc1S(=O)(=O)N1CCCCO1. The zero-order valence-electron chi connectivity index (χ0n) is 10.5. The first-order chi connectivity index (χ1) is 8.94. The van der Waals surface area contributed by atoms with Crippen LogP contribution in [0.5, 0.6) is 0 Å². The Kier molecular flexibility index (Phi) is 3.88. The van der Waals surface area contributed by atoms with Gasteiger partial charge < -0.3 is 5.11 Å². The lowest BCUT2D eigenvalue weighted by Gasteiger charge is -2.26. The van der Waals surface area contributed by atoms with Crippen molar-refractivity contribution in [2.24, 2.45) is 0 Å². The molecule has 6 nitrogen and oxygen atoms in total. The number of benzene rings is 1. The summed E-state index contributed by atoms with van der Waals surface area (Å²) in [4.78, 5) is 16.2. The van der Waals surface area contributed by atoms with Crippen LogP contribution >= 0.6 is 0 Å². The van der Waals surface area contributed by atoms with Crippen molar-refractivity contribution in [2.45, 2.75) is 24.7 Å². The Morgan fingerprint density at radius 3 is 2.68 bits per heavy atom. The van der Waals surface area contributed by atoms with Crippen LogP contribution in [0.15, 0.2) is 23.1 Å². The smallest absolute Gasteiger partial charge is 0.335 e. The lowest BCUT2D eigenvalue weighted by Crippen LogP contribution is -2.36. The molecule has 0 radical (unpaired) electrons. The molecule has 104 valence electrons. The van der Waals surface area contributed by atoms with Crippen LogP contribution in [0, 0.1) is 6.92 Å². The molecule has 0 amide bonds. The third-order valence-corrected chi connectivity index (χ3v) is 4.85. The molecule has 0 atom stereocenters. The molecule has 0 unspecified atom stereocenters. The first-order valence-corrected chi connectivity index (χ1v) is 7.37. The van der Waals surface area contributed by atoms with E-state index in [0.717, 1.165) is 17.3 Å². The van der Waals surface area contributed by atoms with Crippen molar-refractivity contribution in [2.75, 3.05) is 13.2 Å². The molecule has 1 aliphatic rings. The van der Waals surface area contributed by atoms with Gasteiger partial charge in [0.25, 0.3) is 10.0 Å². The Morgan fingerprint density at radius 1 is 1.37 bits per heavy atom. The Hall–Kier alpha value is -1.44. The average molecular weight is 285 g/mol. The summed E-state index contributed by atoms with van der Waals surface area (Å²) in [5.41, 5.74) is 0.210. The highest BCUT2D eigenvalue weighted by atomic mass is 32.2. The summed E-state index contributed by atoms with van der Waals surface area (Å²) in [7, 11) is -3.80. The standard InChI is InChI=1S/C12H15NO5S/c1-9-10(12(14)15)5-4-6-11(9)19(16,17)13-7-2-3-8-18-13/h4-6H,2-3,7-8H2,1H3,(H,14,15). The van der Waals surface area contributed by atoms with Crippen molar-refractivity contribution < 1.29 is 23.2 Å². The molecule has 0 bridgehead atoms. The van der Waals surface area contributed by atoms with E-state index >= 15 is 0 Å². The summed E-state index contributed by atoms with van der Waals surface area (Å²) in [6.45, 7) is 2.14. The Morgan fingerprint density at radius 2 is 2.11 bits per heavy atom. The highest BCUT2D eigenvalue weighted by Gasteiger charge is 2.29. The molecule has 1 heterocycles. The molecule has 1 N–H and O–H groups in total. The van der Waals surface area contributed by atoms with E-state index in [1.807, 2.05) is 0 Å². The summed E-state index contributed by atoms with van der Waals surface area (Å²) in [5, 5.41) is 9.03. The van der Waals surface area contributed by atoms with Gasteiger partial charge in [0.2, 0.25) is 0 Å². The van der Waals surface area contributed by atoms with Crippen LogP contribution in [0.3, 0.4) is 0 Å². The van der Waals surface area contributed by atoms with E-state index in [9.17, 15) is 13.2 Å². The number of carboxylic acids is 1. The molecular weight excluding hydrogens is 270 g/mol. The third-order valence-electron chi connectivity index (χ3n) is 3.03. The Labute approximate surface area is 111 Å². The van der Waals surface area contributed by atoms with E-state index in [1.165, 1.54) is 25.1 Å². The van der Waals surface area contributed by atoms with Gasteiger partial charge in [-0.15, -0.1) is 0 Å². The molecule has 2 rings (SSSR count). The van der Waals surface area contributed by atoms with Crippen molar-refractivity contribution in [1.29, 1.82) is 0 Å². The number of hydroxylamine groups is 1. The zero-order valence-corrected chi connectivity index (χ0v) is 11.3. The van der Waals surface area contributed by atoms with Crippen LogP contribution in [0.1, 0.15) is 28.8 Å². The molecule has 0 saturated carbocycles. The van der Waals surface area contributed by atoms with Crippen molar-refractivity contribution in [3.63, 3.8) is 0 Å². The van der Waals surface area contributed by atoms with Crippen LogP contribution in [-0.4, -0.2) is 37.1 Å². The number of rotatable bonds is 3. The number of aromatic carboxylic acids is 1. The van der Waals surface area contributed by atoms with Gasteiger partial charge in [-0.25, -0.2) is 13.2 Å². The Balaban J connectivity index is 2.46. The first kappa shape index (κ1) is 14.0. The molecule has 7 heteroatoms. The molecule has 0 spiro atoms. The van der Waals surface area contributed by atoms with Crippen LogP contribution in [0.25, 0.3) is 0 Å². The topological polar surface area (TPSA) is 83.9 Å². The predicted octanol–water partition coefficient (Wildman–Crippen LogP) is 1.41. The summed E-state index contributed by atoms with van der Waals surface area (Å²) in [6.07, 6.45) is 1.55. The van der Waals surface area contributed by atoms with Gasteiger partial charge in [-0.05, 0) is 37.5 Å². The van der Waals surface area contributed by atoms with E-state index in [2.05, 4.69) is 0 Å². The summed E-state index contributed by atoms with van der Waals surface area (Å²) in [5.74, 6) is -1.14. The monoisotopic (exact) mass is 285 g/mol. The Bertz CT molecular complexity index is 590. The number of carbonyl (C=O) groups is 1. The van der Waals surface area contributed by atoms with E-state index in [1.54, 1.807) is 0 Å². The van der Waals surface area contributed by atoms with Gasteiger partial charge in [0.1, 0.15) is 0 Å². The summed E-state index contributed by atoms with van der Waals surface area (Å²) >= 11 is 0. The fourth-order valence-electron chi connectivity index (χ4n) is 2.00. The van der Waals surface area contributed by atoms with Gasteiger partial charge in [-0.2, -0.15) is 0 Å². The molecule has 1 aliphatic heterocycles. The van der Waals surface area contributed by atoms with Crippen LogP contribution < -0.4 is 0 Å². The molecule has 0 aromatic heterocycles. The normalized spacial score (nSPS) is 17.3. The van der Waals surface area contributed by atoms with Crippen molar-refractivity contribution >= 4 is 16.0 Å². The van der Waals surface area contributed by atoms with Crippen LogP contribution in [-0.2, 0) is 14.9 Å². The number of sulfonamides is 1. The van der Waals surface area contributed by atoms with Gasteiger partial charge >= 0.3 is 5.97 Å². The lowest BCUT2D eigenvalue weighted by molar-refractivity contribution is -0.108. The number of carboxylic acid groups (broad SMARTS) is 1. The highest BCUT2D eigenvalue weighted by Crippen LogP contribution is 2.24. The van der Waals surface area contributed by atoms with Crippen molar-refractivity contribution in [3.05, 3.63) is 29.3 Å². The second-order valence-electron chi connectivity index (χ2n) is 4.31. The zero-order chi connectivity index (χ0) is 14.0. The van der Waals surface area contributed by atoms with Crippen LogP contribution in [0.2, 0.25) is 0 Å². The minimum absolute atomic E-state index is 0.0157. The van der Waals surface area contributed by atoms with Gasteiger partial charge in [0.15, 0.2) is 0 Å². The average Bonchev–Trinajstić information content (AvgIpc) is 2.39. The predicted molar refractivity (Wildman–Crippen MR) is 67.2 cm³/mol. The second-order valence-corrected chi connectivity index (χ2v) is 6.10. The maximum Gasteiger partial charge on any atom is 0.335 e. The largest absolute Gasteiger partial charge is 0.478 e. The maximum atomic E-state index is 12.4. The van der Waals surface area contributed by atoms with Gasteiger partial charge in [-0.3, -0.25) is 4.84 Å². The third kappa shape index (κ3) is 2.63. The maximum absolute atomic E-state index is 12.4. The van der Waals surface area contributed by atoms with E-state index in [-0.39, 0.29) is 16.0 Å². The van der Waals surface area contributed by atoms with E-state index in [0.29, 0.717) is 13.2 Å². The summed E-state index contributed by atoms with van der Waals surface area (Å²) < 4.78 is 25.7. The van der Waals surface area contributed by atoms with Gasteiger partial charge in [0.05, 0.1) is 17.1 Å². The number of nitrogens with zero attached hydrogens (tertiary/aromatic N) is 1. The first-order valence-electron chi connectivity index (χ1n) is 5.93. The number of hydrogen-bond donors (Lipinski definition) is 1. The van der Waals surface area contributed by atoms with Gasteiger partial charge in [-0.1, -0.05) is 10.5 Å². The molecule has 1 fully saturated rings. The van der Waals surface area contributed by atoms with Crippen molar-refractivity contribution in [1.82, 2.24) is 4.47 Å². The van der Waals surface area contributed by atoms with E-state index < -0.39 is 16.0 Å².